The highest BCUT2D eigenvalue weighted by molar-refractivity contribution is 5.43. The smallest absolute Gasteiger partial charge is 0.160 e. The van der Waals surface area contributed by atoms with Crippen LogP contribution in [0.3, 0.4) is 0 Å². The van der Waals surface area contributed by atoms with Gasteiger partial charge in [-0.1, -0.05) is 6.08 Å². The zero-order valence-electron chi connectivity index (χ0n) is 6.31. The van der Waals surface area contributed by atoms with Crippen molar-refractivity contribution >= 4 is 12.3 Å². The van der Waals surface area contributed by atoms with Gasteiger partial charge in [0.1, 0.15) is 6.33 Å². The number of hydrogen-bond donors (Lipinski definition) is 1. The van der Waals surface area contributed by atoms with E-state index < -0.39 is 0 Å². The van der Waals surface area contributed by atoms with Crippen LogP contribution in [0.4, 0.5) is 0 Å². The number of aromatic nitrogens is 3. The van der Waals surface area contributed by atoms with Crippen LogP contribution in [0.2, 0.25) is 0 Å². The van der Waals surface area contributed by atoms with Gasteiger partial charge in [0.15, 0.2) is 5.82 Å². The molecule has 4 nitrogen and oxygen atoms in total. The first-order chi connectivity index (χ1) is 5.38. The molecule has 0 spiro atoms. The van der Waals surface area contributed by atoms with E-state index in [-0.39, 0.29) is 0 Å². The van der Waals surface area contributed by atoms with Crippen LogP contribution in [0.25, 0.3) is 12.3 Å². The molecule has 0 radical (unpaired) electrons. The molecule has 0 aliphatic rings. The number of hydrogen-bond acceptors (Lipinski definition) is 3. The Morgan fingerprint density at radius 3 is 3.09 bits per heavy atom. The summed E-state index contributed by atoms with van der Waals surface area (Å²) in [5, 5.41) is 7.56. The number of nitrogens with two attached hydrogens (primary N) is 1. The molecular weight excluding hydrogens is 140 g/mol. The molecule has 58 valence electrons. The highest BCUT2D eigenvalue weighted by atomic mass is 15.2. The summed E-state index contributed by atoms with van der Waals surface area (Å²) < 4.78 is 1.74. The van der Waals surface area contributed by atoms with Crippen LogP contribution in [-0.4, -0.2) is 14.8 Å². The van der Waals surface area contributed by atoms with Gasteiger partial charge in [-0.15, -0.1) is 10.2 Å². The minimum absolute atomic E-state index is 0.772. The zero-order chi connectivity index (χ0) is 8.10. The first-order valence-electron chi connectivity index (χ1n) is 3.29. The van der Waals surface area contributed by atoms with Gasteiger partial charge in [0.05, 0.1) is 0 Å². The van der Waals surface area contributed by atoms with E-state index >= 15 is 0 Å². The van der Waals surface area contributed by atoms with Gasteiger partial charge < -0.3 is 5.73 Å². The fourth-order valence-electron chi connectivity index (χ4n) is 0.727. The molecule has 0 aliphatic carbocycles. The van der Waals surface area contributed by atoms with Gasteiger partial charge >= 0.3 is 0 Å². The van der Waals surface area contributed by atoms with Crippen molar-refractivity contribution in [1.29, 1.82) is 0 Å². The number of nitrogens with zero attached hydrogens (tertiary/aromatic N) is 3. The first kappa shape index (κ1) is 7.53. The van der Waals surface area contributed by atoms with E-state index in [4.69, 9.17) is 5.73 Å². The van der Waals surface area contributed by atoms with Gasteiger partial charge in [-0.05, 0) is 13.0 Å². The van der Waals surface area contributed by atoms with E-state index in [1.165, 1.54) is 6.20 Å². The van der Waals surface area contributed by atoms with Crippen molar-refractivity contribution in [3.63, 3.8) is 0 Å². The Morgan fingerprint density at radius 2 is 2.45 bits per heavy atom. The molecule has 11 heavy (non-hydrogen) atoms. The topological polar surface area (TPSA) is 56.7 Å². The maximum Gasteiger partial charge on any atom is 0.160 e. The van der Waals surface area contributed by atoms with Crippen LogP contribution in [0.5, 0.6) is 0 Å². The molecule has 0 aromatic carbocycles. The molecule has 0 aliphatic heterocycles. The summed E-state index contributed by atoms with van der Waals surface area (Å²) in [4.78, 5) is 0. The summed E-state index contributed by atoms with van der Waals surface area (Å²) >= 11 is 0. The van der Waals surface area contributed by atoms with Crippen molar-refractivity contribution in [2.45, 2.75) is 6.92 Å². The Labute approximate surface area is 65.0 Å². The lowest BCUT2D eigenvalue weighted by Crippen LogP contribution is -1.89. The van der Waals surface area contributed by atoms with Crippen molar-refractivity contribution in [3.05, 3.63) is 24.4 Å². The number of allylic oxidation sites excluding steroid dienone is 1. The maximum absolute atomic E-state index is 5.20. The van der Waals surface area contributed by atoms with Gasteiger partial charge in [-0.2, -0.15) is 0 Å². The predicted molar refractivity (Wildman–Crippen MR) is 44.2 cm³/mol. The SMILES string of the molecule is C/C=C/c1nncn1/C=C\N. The molecule has 0 saturated carbocycles. The first-order valence-corrected chi connectivity index (χ1v) is 3.29. The zero-order valence-corrected chi connectivity index (χ0v) is 6.31. The average Bonchev–Trinajstić information content (AvgIpc) is 2.39. The van der Waals surface area contributed by atoms with E-state index in [9.17, 15) is 0 Å². The monoisotopic (exact) mass is 150 g/mol. The van der Waals surface area contributed by atoms with Crippen LogP contribution in [-0.2, 0) is 0 Å². The highest BCUT2D eigenvalue weighted by Gasteiger charge is 1.93. The molecule has 0 fully saturated rings. The molecule has 0 amide bonds. The maximum atomic E-state index is 5.20. The largest absolute Gasteiger partial charge is 0.403 e. The van der Waals surface area contributed by atoms with E-state index in [1.54, 1.807) is 17.1 Å². The highest BCUT2D eigenvalue weighted by Crippen LogP contribution is 1.97. The van der Waals surface area contributed by atoms with Gasteiger partial charge in [0.25, 0.3) is 0 Å². The number of rotatable bonds is 2. The molecule has 4 heteroatoms. The molecule has 0 bridgehead atoms. The third-order valence-corrected chi connectivity index (χ3v) is 1.16. The molecule has 2 N–H and O–H groups in total. The molecule has 1 rings (SSSR count). The summed E-state index contributed by atoms with van der Waals surface area (Å²) in [6.45, 7) is 1.92. The lowest BCUT2D eigenvalue weighted by atomic mass is 10.5. The van der Waals surface area contributed by atoms with E-state index in [2.05, 4.69) is 10.2 Å². The molecular formula is C7H10N4. The summed E-state index contributed by atoms with van der Waals surface area (Å²) in [6, 6.07) is 0. The van der Waals surface area contributed by atoms with Gasteiger partial charge in [0, 0.05) is 12.4 Å². The second kappa shape index (κ2) is 3.55. The van der Waals surface area contributed by atoms with E-state index in [1.807, 2.05) is 19.1 Å². The molecule has 1 aromatic rings. The normalized spacial score (nSPS) is 11.7. The van der Waals surface area contributed by atoms with Crippen molar-refractivity contribution in [3.8, 4) is 0 Å². The predicted octanol–water partition coefficient (Wildman–Crippen LogP) is 0.698. The molecule has 1 aromatic heterocycles. The lowest BCUT2D eigenvalue weighted by molar-refractivity contribution is 1.07. The van der Waals surface area contributed by atoms with Crippen LogP contribution in [0.1, 0.15) is 12.7 Å². The van der Waals surface area contributed by atoms with Gasteiger partial charge in [-0.3, -0.25) is 4.57 Å². The lowest BCUT2D eigenvalue weighted by Gasteiger charge is -1.91. The third kappa shape index (κ3) is 1.67. The Kier molecular flexibility index (Phi) is 2.43. The Bertz CT molecular complexity index is 245. The van der Waals surface area contributed by atoms with Gasteiger partial charge in [0.2, 0.25) is 0 Å². The minimum atomic E-state index is 0.772. The van der Waals surface area contributed by atoms with Crippen molar-refractivity contribution < 1.29 is 0 Å². The summed E-state index contributed by atoms with van der Waals surface area (Å²) in [5.41, 5.74) is 5.20. The van der Waals surface area contributed by atoms with E-state index in [0.29, 0.717) is 0 Å². The Morgan fingerprint density at radius 1 is 1.64 bits per heavy atom. The second-order valence-corrected chi connectivity index (χ2v) is 1.94. The van der Waals surface area contributed by atoms with Crippen molar-refractivity contribution in [2.24, 2.45) is 5.73 Å². The van der Waals surface area contributed by atoms with Crippen molar-refractivity contribution in [1.82, 2.24) is 14.8 Å². The van der Waals surface area contributed by atoms with Crippen LogP contribution >= 0.6 is 0 Å². The molecule has 1 heterocycles. The minimum Gasteiger partial charge on any atom is -0.403 e. The molecule has 0 unspecified atom stereocenters. The van der Waals surface area contributed by atoms with Gasteiger partial charge in [-0.25, -0.2) is 0 Å². The quantitative estimate of drug-likeness (QED) is 0.675. The molecule has 0 atom stereocenters. The fourth-order valence-corrected chi connectivity index (χ4v) is 0.727. The standard InChI is InChI=1S/C7H10N4/c1-2-3-7-10-9-6-11(7)5-4-8/h2-6H,8H2,1H3/b3-2+,5-4-. The molecule has 0 saturated heterocycles. The summed E-state index contributed by atoms with van der Waals surface area (Å²) in [6.07, 6.45) is 8.47. The summed E-state index contributed by atoms with van der Waals surface area (Å²) in [5.74, 6) is 0.772. The Hall–Kier alpha value is -1.58. The van der Waals surface area contributed by atoms with Crippen LogP contribution in [0, 0.1) is 0 Å². The Balaban J connectivity index is 2.95. The van der Waals surface area contributed by atoms with Crippen LogP contribution in [0.15, 0.2) is 18.6 Å². The van der Waals surface area contributed by atoms with Crippen molar-refractivity contribution in [2.75, 3.05) is 0 Å². The third-order valence-electron chi connectivity index (χ3n) is 1.16. The summed E-state index contributed by atoms with van der Waals surface area (Å²) in [7, 11) is 0. The van der Waals surface area contributed by atoms with E-state index in [0.717, 1.165) is 5.82 Å². The van der Waals surface area contributed by atoms with Crippen LogP contribution < -0.4 is 5.73 Å². The average molecular weight is 150 g/mol. The fraction of sp³-hybridized carbons (Fsp3) is 0.143. The second-order valence-electron chi connectivity index (χ2n) is 1.94.